The number of anilines is 1. The monoisotopic (exact) mass is 2040 g/mol. The maximum Gasteiger partial charge on any atom is 0.251 e. The Kier molecular flexibility index (Phi) is 55.2. The number of piperazine rings is 1. The molecule has 3 fully saturated rings. The molecule has 14 heteroatoms. The van der Waals surface area contributed by atoms with Gasteiger partial charge in [-0.1, -0.05) is 348 Å². The van der Waals surface area contributed by atoms with Crippen LogP contribution in [0.15, 0.2) is 249 Å². The third-order valence-electron chi connectivity index (χ3n) is 29.5. The standard InChI is InChI=1S/C31H50N4.C29H37N.C27H42N2O.C25H36N2O2.C24H40N2/c1-25(2)19-27-11-10-12-28(21-27)22-35(30(20-26(3)4)24-32(5)6)23-29-13-8-9-14-31(29)34-17-15-33(7)16-18-34;1-23(2)18-25-14-11-15-26(19-25)21-28(20-24-12-7-5-8-13-24)29(22-30(3)4)27-16-9-6-10-17-27;1-21(2)14-23-10-8-11-24(16-23)18-29(26(15-22(3)4)20-28(5)6)19-25-12-9-13-27(17-25)30-7;1-17(2)14-20-11-9-13-22(24(20)29-7)19-10-8-12-21(15-19)25(28)26-23(18(3)4)16-27(5)6;1-21(2)17-23-11-8-12-24(18-23)20-26(16-15-25-13-6-7-14-25)19-22-9-4-3-5-10-22/h8-14,21,25-26,30H,15-20,22-24H2,1-7H3;5-17,19,23,28-29H,18,20-22H2,1-4H3;8-13,16-17,21-22,26H,14-15,18-20H2,1-7H3;8-13,15,17-18,23H,14,16H2,1-7H3,(H,26,28);8,11-12,18,21-22H,3-7,9-10,13-17,19-20H2,1-2H3/t30-;28?,29-;26-;23-;/m0001./s1. The van der Waals surface area contributed by atoms with E-state index >= 15 is 0 Å². The minimum Gasteiger partial charge on any atom is -0.497 e. The number of rotatable bonds is 52. The van der Waals surface area contributed by atoms with E-state index in [1.807, 2.05) is 44.4 Å². The van der Waals surface area contributed by atoms with Crippen molar-refractivity contribution in [1.82, 2.24) is 49.4 Å². The molecule has 1 N–H and O–H groups in total. The fourth-order valence-electron chi connectivity index (χ4n) is 22.5. The van der Waals surface area contributed by atoms with E-state index in [-0.39, 0.29) is 11.9 Å². The lowest BCUT2D eigenvalue weighted by Gasteiger charge is -2.38. The summed E-state index contributed by atoms with van der Waals surface area (Å²) in [5, 5.41) is 3.20. The van der Waals surface area contributed by atoms with Crippen LogP contribution >= 0.6 is 0 Å². The SMILES string of the molecule is CC(C)Cc1cccc(CC(Cc2ccccc2)[C@@H](CN(C)C)c2ccccc2)c1.CC(C)Cc1cccc(CN(CCN2CCCC2)CC2CCCCC2)c1.CC(C)Cc1cccc(CN(Cc2ccccc2N2CCN(C)CC2)[C@@H](CC(C)C)CN(C)C)c1.COc1c(CC(C)C)cccc1-c1cccc(C(=O)N[C@H](CN(C)C)C(C)C)c1.COc1cccc(CN(Cc2cccc(CC(C)C)c2)[C@@H](CC(C)C)CN(C)C)c1. The molecule has 5 atom stereocenters. The summed E-state index contributed by atoms with van der Waals surface area (Å²) in [7, 11) is 22.9. The molecule has 2 heterocycles. The molecule has 0 spiro atoms. The Morgan fingerprint density at radius 3 is 1.29 bits per heavy atom. The molecule has 1 amide bonds. The molecular weight excluding hydrogens is 1840 g/mol. The van der Waals surface area contributed by atoms with Crippen LogP contribution in [-0.2, 0) is 77.7 Å². The van der Waals surface area contributed by atoms with Crippen LogP contribution in [0.3, 0.4) is 0 Å². The lowest BCUT2D eigenvalue weighted by Crippen LogP contribution is -2.45. The van der Waals surface area contributed by atoms with E-state index in [1.165, 1.54) is 175 Å². The van der Waals surface area contributed by atoms with Gasteiger partial charge in [0.2, 0.25) is 0 Å². The highest BCUT2D eigenvalue weighted by Gasteiger charge is 2.31. The molecule has 10 aromatic rings. The van der Waals surface area contributed by atoms with Gasteiger partial charge in [0.15, 0.2) is 0 Å². The Morgan fingerprint density at radius 2 is 0.800 bits per heavy atom. The van der Waals surface area contributed by atoms with Gasteiger partial charge in [0.25, 0.3) is 5.91 Å². The zero-order valence-electron chi connectivity index (χ0n) is 99.0. The van der Waals surface area contributed by atoms with Crippen LogP contribution in [0, 0.1) is 59.2 Å². The molecule has 0 aromatic heterocycles. The normalized spacial score (nSPS) is 14.9. The van der Waals surface area contributed by atoms with Crippen LogP contribution in [0.1, 0.15) is 257 Å². The summed E-state index contributed by atoms with van der Waals surface area (Å²) in [6.07, 6.45) is 20.3. The highest BCUT2D eigenvalue weighted by Crippen LogP contribution is 2.38. The molecule has 0 bridgehead atoms. The second-order valence-corrected chi connectivity index (χ2v) is 48.8. The molecule has 13 rings (SSSR count). The van der Waals surface area contributed by atoms with Crippen LogP contribution in [0.25, 0.3) is 11.1 Å². The summed E-state index contributed by atoms with van der Waals surface area (Å²) in [4.78, 5) is 37.9. The van der Waals surface area contributed by atoms with Gasteiger partial charge in [-0.3, -0.25) is 19.5 Å². The van der Waals surface area contributed by atoms with Gasteiger partial charge in [-0.15, -0.1) is 0 Å². The van der Waals surface area contributed by atoms with Gasteiger partial charge in [0.1, 0.15) is 11.5 Å². The Labute approximate surface area is 915 Å². The number of likely N-dealkylation sites (tertiary alicyclic amines) is 1. The number of carbonyl (C=O) groups is 1. The van der Waals surface area contributed by atoms with Crippen LogP contribution in [0.2, 0.25) is 0 Å². The summed E-state index contributed by atoms with van der Waals surface area (Å²) in [5.74, 6) is 8.77. The molecule has 1 saturated carbocycles. The van der Waals surface area contributed by atoms with Gasteiger partial charge in [0.05, 0.1) is 14.2 Å². The summed E-state index contributed by atoms with van der Waals surface area (Å²) >= 11 is 0. The topological polar surface area (TPSA) is 80.0 Å². The van der Waals surface area contributed by atoms with E-state index in [9.17, 15) is 4.79 Å². The number of nitrogens with one attached hydrogen (secondary N) is 1. The molecule has 0 radical (unpaired) electrons. The van der Waals surface area contributed by atoms with Crippen LogP contribution in [0.5, 0.6) is 11.5 Å². The number of hydrogen-bond acceptors (Lipinski definition) is 13. The fourth-order valence-corrected chi connectivity index (χ4v) is 22.5. The molecule has 822 valence electrons. The van der Waals surface area contributed by atoms with Crippen LogP contribution < -0.4 is 19.7 Å². The van der Waals surface area contributed by atoms with Crippen LogP contribution in [-0.4, -0.2) is 231 Å². The summed E-state index contributed by atoms with van der Waals surface area (Å²) in [5.41, 5.74) is 22.7. The first-order valence-electron chi connectivity index (χ1n) is 58.0. The molecule has 1 unspecified atom stereocenters. The molecule has 10 aromatic carbocycles. The van der Waals surface area contributed by atoms with Gasteiger partial charge >= 0.3 is 0 Å². The number of amides is 1. The van der Waals surface area contributed by atoms with Crippen LogP contribution in [0.4, 0.5) is 5.69 Å². The first kappa shape index (κ1) is 124. The van der Waals surface area contributed by atoms with Crippen molar-refractivity contribution in [3.8, 4) is 22.6 Å². The second-order valence-electron chi connectivity index (χ2n) is 48.8. The number of para-hydroxylation sites is 2. The number of benzene rings is 10. The van der Waals surface area contributed by atoms with Gasteiger partial charge in [-0.05, 0) is 327 Å². The zero-order valence-corrected chi connectivity index (χ0v) is 99.0. The first-order chi connectivity index (χ1) is 71.9. The average Bonchev–Trinajstić information content (AvgIpc) is 0.900. The number of nitrogens with zero attached hydrogens (tertiary/aromatic N) is 10. The molecular formula is C136H205N11O3. The smallest absolute Gasteiger partial charge is 0.251 e. The van der Waals surface area contributed by atoms with Crippen molar-refractivity contribution in [2.45, 2.75) is 270 Å². The van der Waals surface area contributed by atoms with Crippen molar-refractivity contribution in [3.63, 3.8) is 0 Å². The van der Waals surface area contributed by atoms with Gasteiger partial charge in [0, 0.05) is 146 Å². The van der Waals surface area contributed by atoms with Gasteiger partial charge in [-0.25, -0.2) is 0 Å². The summed E-state index contributed by atoms with van der Waals surface area (Å²) in [6.45, 7) is 56.5. The van der Waals surface area contributed by atoms with E-state index in [0.717, 1.165) is 158 Å². The zero-order chi connectivity index (χ0) is 109. The Morgan fingerprint density at radius 1 is 0.373 bits per heavy atom. The molecule has 150 heavy (non-hydrogen) atoms. The summed E-state index contributed by atoms with van der Waals surface area (Å²) < 4.78 is 11.2. The molecule has 3 aliphatic rings. The first-order valence-corrected chi connectivity index (χ1v) is 58.0. The van der Waals surface area contributed by atoms with Gasteiger partial charge < -0.3 is 49.1 Å². The molecule has 2 aliphatic heterocycles. The Balaban J connectivity index is 0.000000209. The van der Waals surface area contributed by atoms with Crippen molar-refractivity contribution in [1.29, 1.82) is 0 Å². The van der Waals surface area contributed by atoms with E-state index in [0.29, 0.717) is 70.9 Å². The number of hydrogen-bond donors (Lipinski definition) is 1. The lowest BCUT2D eigenvalue weighted by molar-refractivity contribution is 0.0916. The Bertz CT molecular complexity index is 5330. The maximum absolute atomic E-state index is 12.9. The van der Waals surface area contributed by atoms with Crippen molar-refractivity contribution >= 4 is 11.6 Å². The van der Waals surface area contributed by atoms with E-state index in [1.54, 1.807) is 14.2 Å². The maximum atomic E-state index is 12.9. The van der Waals surface area contributed by atoms with E-state index < -0.39 is 0 Å². The average molecular weight is 2040 g/mol. The molecule has 1 aliphatic carbocycles. The predicted octanol–water partition coefficient (Wildman–Crippen LogP) is 28.4. The lowest BCUT2D eigenvalue weighted by atomic mass is 9.78. The fraction of sp³-hybridized carbons (Fsp3) is 0.551. The minimum atomic E-state index is -0.0373. The van der Waals surface area contributed by atoms with Crippen molar-refractivity contribution in [2.75, 3.05) is 168 Å². The second kappa shape index (κ2) is 66.7. The van der Waals surface area contributed by atoms with E-state index in [2.05, 4.69) is 433 Å². The number of carbonyl (C=O) groups excluding carboxylic acids is 1. The highest BCUT2D eigenvalue weighted by atomic mass is 16.5. The number of ether oxygens (including phenoxy) is 2. The van der Waals surface area contributed by atoms with Gasteiger partial charge in [-0.2, -0.15) is 0 Å². The third-order valence-corrected chi connectivity index (χ3v) is 29.5. The third kappa shape index (κ3) is 46.6. The van der Waals surface area contributed by atoms with E-state index in [4.69, 9.17) is 9.47 Å². The highest BCUT2D eigenvalue weighted by molar-refractivity contribution is 5.96. The van der Waals surface area contributed by atoms with Crippen molar-refractivity contribution < 1.29 is 14.3 Å². The largest absolute Gasteiger partial charge is 0.497 e. The predicted molar refractivity (Wildman–Crippen MR) is 645 cm³/mol. The number of methoxy groups -OCH3 is 2. The molecule has 2 saturated heterocycles. The molecule has 14 nitrogen and oxygen atoms in total. The minimum absolute atomic E-state index is 0.0373. The van der Waals surface area contributed by atoms with Crippen molar-refractivity contribution in [3.05, 3.63) is 327 Å². The quantitative estimate of drug-likeness (QED) is 0.0393. The Hall–Kier alpha value is -9.29. The van der Waals surface area contributed by atoms with Crippen molar-refractivity contribution in [2.24, 2.45) is 59.2 Å². The number of likely N-dealkylation sites (N-methyl/N-ethyl adjacent to an activating group) is 5. The summed E-state index contributed by atoms with van der Waals surface area (Å²) in [6, 6.07) is 92.1.